The van der Waals surface area contributed by atoms with Gasteiger partial charge in [-0.1, -0.05) is 36.4 Å². The van der Waals surface area contributed by atoms with Crippen molar-refractivity contribution in [2.45, 2.75) is 72.9 Å². The van der Waals surface area contributed by atoms with E-state index >= 15 is 0 Å². The second-order valence-corrected chi connectivity index (χ2v) is 18.0. The van der Waals surface area contributed by atoms with Crippen molar-refractivity contribution in [1.29, 1.82) is 0 Å². The molecule has 2 heterocycles. The summed E-state index contributed by atoms with van der Waals surface area (Å²) >= 11 is 0. The van der Waals surface area contributed by atoms with Crippen molar-refractivity contribution in [1.82, 2.24) is 20.6 Å². The number of benzene rings is 4. The normalized spacial score (nSPS) is 13.7. The predicted octanol–water partition coefficient (Wildman–Crippen LogP) is 7.60. The lowest BCUT2D eigenvalue weighted by molar-refractivity contribution is -0.132. The summed E-state index contributed by atoms with van der Waals surface area (Å²) in [6, 6.07) is 23.0. The highest BCUT2D eigenvalue weighted by Crippen LogP contribution is 2.39. The van der Waals surface area contributed by atoms with Crippen LogP contribution in [-0.2, 0) is 29.0 Å². The second kappa shape index (κ2) is 19.5. The van der Waals surface area contributed by atoms with Crippen molar-refractivity contribution in [2.24, 2.45) is 10.8 Å². The first-order valence-corrected chi connectivity index (χ1v) is 22.0. The molecule has 6 aromatic rings. The molecule has 1 aliphatic carbocycles. The SMILES string of the molecule is COc1cccc(CNC(=O)C(C)(C)COc2cccc3nc(CCOc4cccc5c4CCCC5NC(=O)C(C)(C)COc4cccc5nc(C)c(C(=O)O)c(N)c45)c(C(=O)O)c(N)c23)c1. The van der Waals surface area contributed by atoms with E-state index < -0.39 is 22.8 Å². The number of aromatic carboxylic acids is 2. The topological polar surface area (TPSA) is 248 Å². The number of hydrogen-bond donors (Lipinski definition) is 6. The molecule has 2 aromatic heterocycles. The van der Waals surface area contributed by atoms with E-state index in [1.54, 1.807) is 78.1 Å². The predicted molar refractivity (Wildman–Crippen MR) is 254 cm³/mol. The molecule has 16 nitrogen and oxygen atoms in total. The minimum Gasteiger partial charge on any atom is -0.497 e. The molecular formula is C51H56N6O10. The maximum Gasteiger partial charge on any atom is 0.339 e. The van der Waals surface area contributed by atoms with Crippen LogP contribution in [0, 0.1) is 17.8 Å². The van der Waals surface area contributed by atoms with Crippen LogP contribution in [-0.4, -0.2) is 70.9 Å². The van der Waals surface area contributed by atoms with Gasteiger partial charge in [-0.2, -0.15) is 0 Å². The number of nitrogen functional groups attached to an aromatic ring is 2. The molecular weight excluding hydrogens is 857 g/mol. The van der Waals surface area contributed by atoms with E-state index in [0.29, 0.717) is 69.9 Å². The molecule has 8 N–H and O–H groups in total. The maximum absolute atomic E-state index is 13.9. The number of carboxylic acids is 2. The van der Waals surface area contributed by atoms with Crippen LogP contribution in [0.1, 0.15) is 95.4 Å². The molecule has 67 heavy (non-hydrogen) atoms. The lowest BCUT2D eigenvalue weighted by Gasteiger charge is -2.31. The molecule has 1 aliphatic rings. The minimum absolute atomic E-state index is 0.00644. The summed E-state index contributed by atoms with van der Waals surface area (Å²) in [7, 11) is 1.58. The molecule has 1 unspecified atom stereocenters. The average Bonchev–Trinajstić information content (AvgIpc) is 3.29. The number of nitrogens with one attached hydrogen (secondary N) is 2. The van der Waals surface area contributed by atoms with Crippen molar-refractivity contribution in [3.05, 3.63) is 118 Å². The van der Waals surface area contributed by atoms with E-state index in [9.17, 15) is 29.4 Å². The molecule has 0 saturated carbocycles. The summed E-state index contributed by atoms with van der Waals surface area (Å²) in [4.78, 5) is 61.0. The van der Waals surface area contributed by atoms with Gasteiger partial charge >= 0.3 is 11.9 Å². The van der Waals surface area contributed by atoms with E-state index in [0.717, 1.165) is 23.1 Å². The van der Waals surface area contributed by atoms with Crippen LogP contribution in [0.5, 0.6) is 23.0 Å². The van der Waals surface area contributed by atoms with Crippen molar-refractivity contribution in [3.63, 3.8) is 0 Å². The first kappa shape index (κ1) is 47.3. The summed E-state index contributed by atoms with van der Waals surface area (Å²) in [5.74, 6) is -0.990. The van der Waals surface area contributed by atoms with Crippen molar-refractivity contribution < 1.29 is 48.3 Å². The van der Waals surface area contributed by atoms with Gasteiger partial charge in [0.15, 0.2) is 0 Å². The van der Waals surface area contributed by atoms with Gasteiger partial charge in [0, 0.05) is 13.0 Å². The lowest BCUT2D eigenvalue weighted by Crippen LogP contribution is -2.43. The second-order valence-electron chi connectivity index (χ2n) is 18.0. The maximum atomic E-state index is 13.9. The van der Waals surface area contributed by atoms with Crippen LogP contribution in [0.3, 0.4) is 0 Å². The number of rotatable bonds is 18. The Labute approximate surface area is 388 Å². The Morgan fingerprint density at radius 1 is 0.746 bits per heavy atom. The molecule has 0 aliphatic heterocycles. The van der Waals surface area contributed by atoms with Gasteiger partial charge in [-0.05, 0) is 113 Å². The summed E-state index contributed by atoms with van der Waals surface area (Å²) in [6.45, 7) is 8.97. The third kappa shape index (κ3) is 10.1. The number of nitrogens with two attached hydrogens (primary N) is 2. The van der Waals surface area contributed by atoms with Crippen LogP contribution in [0.2, 0.25) is 0 Å². The number of carboxylic acid groups (broad SMARTS) is 2. The van der Waals surface area contributed by atoms with E-state index in [1.807, 2.05) is 42.5 Å². The summed E-state index contributed by atoms with van der Waals surface area (Å²) < 4.78 is 24.0. The number of fused-ring (bicyclic) bond motifs is 3. The first-order chi connectivity index (χ1) is 31.9. The van der Waals surface area contributed by atoms with E-state index in [-0.39, 0.29) is 72.3 Å². The lowest BCUT2D eigenvalue weighted by atomic mass is 9.85. The molecule has 7 rings (SSSR count). The fourth-order valence-electron chi connectivity index (χ4n) is 8.30. The van der Waals surface area contributed by atoms with Crippen LogP contribution >= 0.6 is 0 Å². The van der Waals surface area contributed by atoms with E-state index in [2.05, 4.69) is 15.6 Å². The number of aromatic nitrogens is 2. The molecule has 0 radical (unpaired) electrons. The fraction of sp³-hybridized carbons (Fsp3) is 0.333. The van der Waals surface area contributed by atoms with Gasteiger partial charge in [0.1, 0.15) is 47.3 Å². The van der Waals surface area contributed by atoms with Crippen molar-refractivity contribution >= 4 is 56.9 Å². The highest BCUT2D eigenvalue weighted by molar-refractivity contribution is 6.07. The number of aryl methyl sites for hydroxylation is 1. The minimum atomic E-state index is -1.25. The Hall–Kier alpha value is -7.62. The molecule has 0 spiro atoms. The van der Waals surface area contributed by atoms with Gasteiger partial charge in [0.05, 0.1) is 75.2 Å². The van der Waals surface area contributed by atoms with Crippen LogP contribution in [0.25, 0.3) is 21.8 Å². The molecule has 0 fully saturated rings. The van der Waals surface area contributed by atoms with Crippen LogP contribution in [0.4, 0.5) is 11.4 Å². The van der Waals surface area contributed by atoms with E-state index in [1.165, 1.54) is 0 Å². The number of methoxy groups -OCH3 is 1. The van der Waals surface area contributed by atoms with Gasteiger partial charge in [-0.15, -0.1) is 0 Å². The number of pyridine rings is 2. The van der Waals surface area contributed by atoms with Gasteiger partial charge in [0.25, 0.3) is 0 Å². The monoisotopic (exact) mass is 912 g/mol. The first-order valence-electron chi connectivity index (χ1n) is 22.0. The molecule has 2 amide bonds. The van der Waals surface area contributed by atoms with Gasteiger partial charge < -0.3 is 51.3 Å². The highest BCUT2D eigenvalue weighted by atomic mass is 16.5. The zero-order valence-corrected chi connectivity index (χ0v) is 38.4. The number of carbonyl (C=O) groups excluding carboxylic acids is 2. The number of ether oxygens (including phenoxy) is 4. The zero-order valence-electron chi connectivity index (χ0n) is 38.4. The molecule has 16 heteroatoms. The Morgan fingerprint density at radius 3 is 1.97 bits per heavy atom. The Kier molecular flexibility index (Phi) is 13.8. The molecule has 350 valence electrons. The van der Waals surface area contributed by atoms with Crippen molar-refractivity contribution in [3.8, 4) is 23.0 Å². The quantitative estimate of drug-likeness (QED) is 0.0486. The fourth-order valence-corrected chi connectivity index (χ4v) is 8.30. The Bertz CT molecular complexity index is 2900. The van der Waals surface area contributed by atoms with Gasteiger partial charge in [-0.3, -0.25) is 19.6 Å². The summed E-state index contributed by atoms with van der Waals surface area (Å²) in [5, 5.41) is 27.0. The smallest absolute Gasteiger partial charge is 0.339 e. The van der Waals surface area contributed by atoms with Crippen LogP contribution < -0.4 is 41.0 Å². The third-order valence-corrected chi connectivity index (χ3v) is 12.1. The van der Waals surface area contributed by atoms with Crippen LogP contribution in [0.15, 0.2) is 78.9 Å². The van der Waals surface area contributed by atoms with E-state index in [4.69, 9.17) is 35.4 Å². The van der Waals surface area contributed by atoms with Crippen molar-refractivity contribution in [2.75, 3.05) is 38.4 Å². The van der Waals surface area contributed by atoms with Gasteiger partial charge in [0.2, 0.25) is 11.8 Å². The summed E-state index contributed by atoms with van der Waals surface area (Å²) in [5.41, 5.74) is 14.9. The third-order valence-electron chi connectivity index (χ3n) is 12.1. The average molecular weight is 913 g/mol. The molecule has 4 aromatic carbocycles. The number of carbonyl (C=O) groups is 4. The molecule has 0 bridgehead atoms. The Balaban J connectivity index is 1.01. The largest absolute Gasteiger partial charge is 0.497 e. The number of anilines is 2. The standard InChI is InChI=1S/C51H56N6O10/c1-28-40(46(58)59)44(52)41-34(55-28)17-10-20-38(41)67-27-51(4,5)49(63)57-33-16-8-15-32-31(33)14-9-19-37(32)65-23-22-36-43(47(60)61)45(53)42-35(56-36)18-11-21-39(42)66-26-50(2,3)48(62)54-25-29-12-7-13-30(24-29)64-6/h7,9-14,17-21,24,33H,8,15-16,22-23,25-27H2,1-6H3,(H2,52,55)(H2,53,56)(H,54,62)(H,57,63)(H,58,59)(H,60,61). The number of nitrogens with zero attached hydrogens (tertiary/aromatic N) is 2. The zero-order chi connectivity index (χ0) is 48.2. The van der Waals surface area contributed by atoms with Gasteiger partial charge in [-0.25, -0.2) is 9.59 Å². The Morgan fingerprint density at radius 2 is 1.33 bits per heavy atom. The molecule has 0 saturated heterocycles. The highest BCUT2D eigenvalue weighted by Gasteiger charge is 2.34. The number of amides is 2. The summed E-state index contributed by atoms with van der Waals surface area (Å²) in [6.07, 6.45) is 2.32. The molecule has 1 atom stereocenters. The number of hydrogen-bond acceptors (Lipinski definition) is 12.